The van der Waals surface area contributed by atoms with Crippen LogP contribution >= 0.6 is 11.6 Å². The van der Waals surface area contributed by atoms with Crippen molar-refractivity contribution in [3.05, 3.63) is 67.4 Å². The number of aromatic nitrogens is 2. The third-order valence-electron chi connectivity index (χ3n) is 2.73. The van der Waals surface area contributed by atoms with E-state index >= 15 is 0 Å². The smallest absolute Gasteiger partial charge is 0.313 e. The molecule has 0 aliphatic carbocycles. The van der Waals surface area contributed by atoms with Gasteiger partial charge in [-0.1, -0.05) is 11.6 Å². The van der Waals surface area contributed by atoms with E-state index in [9.17, 15) is 14.4 Å². The molecule has 19 heavy (non-hydrogen) atoms. The van der Waals surface area contributed by atoms with Crippen molar-refractivity contribution in [2.75, 3.05) is 0 Å². The fraction of sp³-hybridized carbons (Fsp3) is 0.154. The van der Waals surface area contributed by atoms with Gasteiger partial charge in [0.25, 0.3) is 5.56 Å². The zero-order valence-electron chi connectivity index (χ0n) is 10.1. The van der Waals surface area contributed by atoms with Crippen LogP contribution in [0.15, 0.2) is 40.1 Å². The fourth-order valence-corrected chi connectivity index (χ4v) is 1.84. The zero-order valence-corrected chi connectivity index (χ0v) is 10.9. The summed E-state index contributed by atoms with van der Waals surface area (Å²) >= 11 is 5.74. The summed E-state index contributed by atoms with van der Waals surface area (Å²) in [7, 11) is 0. The van der Waals surface area contributed by atoms with E-state index in [2.05, 4.69) is 4.98 Å². The van der Waals surface area contributed by atoms with E-state index in [0.717, 1.165) is 10.8 Å². The summed E-state index contributed by atoms with van der Waals surface area (Å²) in [6, 6.07) is 6.20. The molecule has 0 radical (unpaired) electrons. The molecule has 0 amide bonds. The standard InChI is InChI=1S/C13H11ClN2O3/c1-2-16-12(18)10(7-15-13(16)19)11(17)8-3-5-9(14)6-4-8/h3-7H,2H2,1H3,(H,15,19). The normalized spacial score (nSPS) is 10.4. The molecule has 0 atom stereocenters. The molecule has 0 aliphatic rings. The molecule has 1 aromatic heterocycles. The lowest BCUT2D eigenvalue weighted by Crippen LogP contribution is -2.37. The number of rotatable bonds is 3. The molecule has 0 spiro atoms. The summed E-state index contributed by atoms with van der Waals surface area (Å²) < 4.78 is 0.975. The Morgan fingerprint density at radius 3 is 2.47 bits per heavy atom. The predicted molar refractivity (Wildman–Crippen MR) is 71.9 cm³/mol. The quantitative estimate of drug-likeness (QED) is 0.864. The van der Waals surface area contributed by atoms with Gasteiger partial charge >= 0.3 is 5.69 Å². The topological polar surface area (TPSA) is 71.9 Å². The second-order valence-electron chi connectivity index (χ2n) is 3.89. The molecule has 2 rings (SSSR count). The Morgan fingerprint density at radius 2 is 1.89 bits per heavy atom. The monoisotopic (exact) mass is 278 g/mol. The Balaban J connectivity index is 2.54. The van der Waals surface area contributed by atoms with Crippen LogP contribution in [0.1, 0.15) is 22.8 Å². The molecule has 0 unspecified atom stereocenters. The lowest BCUT2D eigenvalue weighted by molar-refractivity contribution is 0.103. The van der Waals surface area contributed by atoms with Crippen molar-refractivity contribution in [1.82, 2.24) is 9.55 Å². The number of halogens is 1. The van der Waals surface area contributed by atoms with Crippen LogP contribution in [0.5, 0.6) is 0 Å². The van der Waals surface area contributed by atoms with Crippen molar-refractivity contribution >= 4 is 17.4 Å². The lowest BCUT2D eigenvalue weighted by Gasteiger charge is -2.04. The Morgan fingerprint density at radius 1 is 1.26 bits per heavy atom. The second kappa shape index (κ2) is 5.24. The number of benzene rings is 1. The van der Waals surface area contributed by atoms with Crippen molar-refractivity contribution in [2.45, 2.75) is 13.5 Å². The van der Waals surface area contributed by atoms with E-state index in [4.69, 9.17) is 11.6 Å². The third kappa shape index (κ3) is 2.51. The minimum Gasteiger partial charge on any atom is -0.313 e. The molecule has 2 aromatic rings. The van der Waals surface area contributed by atoms with Crippen molar-refractivity contribution < 1.29 is 4.79 Å². The molecule has 0 fully saturated rings. The van der Waals surface area contributed by atoms with Gasteiger partial charge < -0.3 is 4.98 Å². The van der Waals surface area contributed by atoms with Gasteiger partial charge in [-0.15, -0.1) is 0 Å². The fourth-order valence-electron chi connectivity index (χ4n) is 1.72. The molecule has 6 heteroatoms. The van der Waals surface area contributed by atoms with Gasteiger partial charge in [-0.3, -0.25) is 14.2 Å². The first-order chi connectivity index (χ1) is 9.04. The number of ketones is 1. The van der Waals surface area contributed by atoms with Gasteiger partial charge in [0.05, 0.1) is 0 Å². The minimum absolute atomic E-state index is 0.0660. The van der Waals surface area contributed by atoms with Crippen LogP contribution in [0.3, 0.4) is 0 Å². The van der Waals surface area contributed by atoms with E-state index in [-0.39, 0.29) is 12.1 Å². The van der Waals surface area contributed by atoms with Crippen molar-refractivity contribution in [3.63, 3.8) is 0 Å². The van der Waals surface area contributed by atoms with Gasteiger partial charge in [0.2, 0.25) is 0 Å². The van der Waals surface area contributed by atoms with E-state index in [1.165, 1.54) is 12.1 Å². The molecule has 0 saturated carbocycles. The van der Waals surface area contributed by atoms with E-state index in [0.29, 0.717) is 10.6 Å². The molecule has 1 N–H and O–H groups in total. The molecular formula is C13H11ClN2O3. The van der Waals surface area contributed by atoms with E-state index in [1.54, 1.807) is 19.1 Å². The average molecular weight is 279 g/mol. The highest BCUT2D eigenvalue weighted by atomic mass is 35.5. The Kier molecular flexibility index (Phi) is 3.66. The van der Waals surface area contributed by atoms with Crippen LogP contribution in [-0.4, -0.2) is 15.3 Å². The number of aromatic amines is 1. The number of hydrogen-bond donors (Lipinski definition) is 1. The number of nitrogens with one attached hydrogen (secondary N) is 1. The van der Waals surface area contributed by atoms with Gasteiger partial charge in [0.15, 0.2) is 5.78 Å². The molecule has 0 aliphatic heterocycles. The van der Waals surface area contributed by atoms with Crippen LogP contribution in [0.4, 0.5) is 0 Å². The summed E-state index contributed by atoms with van der Waals surface area (Å²) in [5.41, 5.74) is -0.841. The first kappa shape index (κ1) is 13.3. The summed E-state index contributed by atoms with van der Waals surface area (Å²) in [5.74, 6) is -0.444. The maximum absolute atomic E-state index is 12.2. The van der Waals surface area contributed by atoms with Crippen LogP contribution in [0.2, 0.25) is 5.02 Å². The molecule has 0 bridgehead atoms. The summed E-state index contributed by atoms with van der Waals surface area (Å²) in [6.45, 7) is 1.86. The summed E-state index contributed by atoms with van der Waals surface area (Å²) in [4.78, 5) is 38.0. The second-order valence-corrected chi connectivity index (χ2v) is 4.33. The summed E-state index contributed by atoms with van der Waals surface area (Å²) in [5, 5.41) is 0.504. The Hall–Kier alpha value is -2.14. The van der Waals surface area contributed by atoms with Crippen molar-refractivity contribution in [1.29, 1.82) is 0 Å². The maximum atomic E-state index is 12.2. The van der Waals surface area contributed by atoms with Crippen molar-refractivity contribution in [2.24, 2.45) is 0 Å². The average Bonchev–Trinajstić information content (AvgIpc) is 2.39. The van der Waals surface area contributed by atoms with Crippen LogP contribution in [0.25, 0.3) is 0 Å². The van der Waals surface area contributed by atoms with Crippen LogP contribution in [0, 0.1) is 0 Å². The van der Waals surface area contributed by atoms with E-state index < -0.39 is 17.0 Å². The number of carbonyl (C=O) groups is 1. The minimum atomic E-state index is -0.591. The number of H-pyrrole nitrogens is 1. The Labute approximate surface area is 113 Å². The molecular weight excluding hydrogens is 268 g/mol. The molecule has 98 valence electrons. The molecule has 0 saturated heterocycles. The largest absolute Gasteiger partial charge is 0.328 e. The summed E-state index contributed by atoms with van der Waals surface area (Å²) in [6.07, 6.45) is 1.15. The van der Waals surface area contributed by atoms with Gasteiger partial charge in [0.1, 0.15) is 5.56 Å². The SMILES string of the molecule is CCn1c(=O)[nH]cc(C(=O)c2ccc(Cl)cc2)c1=O. The van der Waals surface area contributed by atoms with E-state index in [1.807, 2.05) is 0 Å². The van der Waals surface area contributed by atoms with Crippen molar-refractivity contribution in [3.8, 4) is 0 Å². The van der Waals surface area contributed by atoms with Gasteiger partial charge in [0, 0.05) is 23.3 Å². The Bertz CT molecular complexity index is 729. The number of carbonyl (C=O) groups excluding carboxylic acids is 1. The van der Waals surface area contributed by atoms with Crippen LogP contribution < -0.4 is 11.2 Å². The van der Waals surface area contributed by atoms with Gasteiger partial charge in [-0.25, -0.2) is 4.79 Å². The highest BCUT2D eigenvalue weighted by molar-refractivity contribution is 6.30. The molecule has 1 aromatic carbocycles. The highest BCUT2D eigenvalue weighted by Crippen LogP contribution is 2.11. The molecule has 1 heterocycles. The highest BCUT2D eigenvalue weighted by Gasteiger charge is 2.15. The van der Waals surface area contributed by atoms with Gasteiger partial charge in [-0.05, 0) is 31.2 Å². The number of hydrogen-bond acceptors (Lipinski definition) is 3. The third-order valence-corrected chi connectivity index (χ3v) is 2.98. The lowest BCUT2D eigenvalue weighted by atomic mass is 10.1. The van der Waals surface area contributed by atoms with Gasteiger partial charge in [-0.2, -0.15) is 0 Å². The first-order valence-electron chi connectivity index (χ1n) is 5.67. The molecule has 5 nitrogen and oxygen atoms in total. The predicted octanol–water partition coefficient (Wildman–Crippen LogP) is 1.44. The first-order valence-corrected chi connectivity index (χ1v) is 6.05. The number of nitrogens with zero attached hydrogens (tertiary/aromatic N) is 1. The maximum Gasteiger partial charge on any atom is 0.328 e. The zero-order chi connectivity index (χ0) is 14.0. The van der Waals surface area contributed by atoms with Crippen LogP contribution in [-0.2, 0) is 6.54 Å².